The molecule has 18 heavy (non-hydrogen) atoms. The maximum Gasteiger partial charge on any atom is 0.273 e. The Morgan fingerprint density at radius 1 is 1.39 bits per heavy atom. The second-order valence-electron chi connectivity index (χ2n) is 3.86. The second kappa shape index (κ2) is 6.26. The summed E-state index contributed by atoms with van der Waals surface area (Å²) in [4.78, 5) is 22.0. The highest BCUT2D eigenvalue weighted by Crippen LogP contribution is 2.07. The molecule has 0 fully saturated rings. The molecule has 0 atom stereocenters. The Balaban J connectivity index is 1.96. The van der Waals surface area contributed by atoms with Crippen LogP contribution in [-0.2, 0) is 6.42 Å². The van der Waals surface area contributed by atoms with E-state index in [-0.39, 0.29) is 5.91 Å². The fourth-order valence-electron chi connectivity index (χ4n) is 1.70. The lowest BCUT2D eigenvalue weighted by Gasteiger charge is -2.19. The van der Waals surface area contributed by atoms with Gasteiger partial charge in [-0.15, -0.1) is 11.3 Å². The van der Waals surface area contributed by atoms with Crippen LogP contribution in [0.5, 0.6) is 0 Å². The number of amides is 1. The largest absolute Gasteiger partial charge is 0.337 e. The first kappa shape index (κ1) is 12.7. The highest BCUT2D eigenvalue weighted by Gasteiger charge is 2.15. The van der Waals surface area contributed by atoms with E-state index in [2.05, 4.69) is 9.97 Å². The quantitative estimate of drug-likeness (QED) is 0.829. The third-order valence-corrected chi connectivity index (χ3v) is 3.33. The standard InChI is InChI=1S/C13H15N3OS/c1-2-16(13(17)12-9-18-10-15-12)8-5-11-3-6-14-7-4-11/h3-4,6-7,9-10H,2,5,8H2,1H3. The summed E-state index contributed by atoms with van der Waals surface area (Å²) in [5.74, 6) is 0.00723. The molecule has 0 spiro atoms. The zero-order valence-electron chi connectivity index (χ0n) is 10.2. The number of carbonyl (C=O) groups excluding carboxylic acids is 1. The molecule has 0 aromatic carbocycles. The lowest BCUT2D eigenvalue weighted by atomic mass is 10.2. The molecule has 5 heteroatoms. The van der Waals surface area contributed by atoms with Crippen molar-refractivity contribution < 1.29 is 4.79 Å². The SMILES string of the molecule is CCN(CCc1ccncc1)C(=O)c1cscn1. The van der Waals surface area contributed by atoms with Gasteiger partial charge in [0.05, 0.1) is 5.51 Å². The van der Waals surface area contributed by atoms with E-state index in [4.69, 9.17) is 0 Å². The first-order chi connectivity index (χ1) is 8.81. The Bertz CT molecular complexity index is 484. The smallest absolute Gasteiger partial charge is 0.273 e. The molecule has 0 N–H and O–H groups in total. The van der Waals surface area contributed by atoms with Crippen molar-refractivity contribution in [3.8, 4) is 0 Å². The number of pyridine rings is 1. The Morgan fingerprint density at radius 3 is 2.78 bits per heavy atom. The van der Waals surface area contributed by atoms with Gasteiger partial charge in [-0.2, -0.15) is 0 Å². The molecule has 2 aromatic rings. The molecule has 0 aliphatic carbocycles. The molecular formula is C13H15N3OS. The first-order valence-electron chi connectivity index (χ1n) is 5.87. The van der Waals surface area contributed by atoms with Crippen LogP contribution in [0.2, 0.25) is 0 Å². The highest BCUT2D eigenvalue weighted by atomic mass is 32.1. The van der Waals surface area contributed by atoms with Gasteiger partial charge in [-0.25, -0.2) is 4.98 Å². The minimum Gasteiger partial charge on any atom is -0.337 e. The van der Waals surface area contributed by atoms with Crippen LogP contribution in [0.1, 0.15) is 23.0 Å². The molecule has 94 valence electrons. The predicted octanol–water partition coefficient (Wildman–Crippen LogP) is 2.24. The van der Waals surface area contributed by atoms with Gasteiger partial charge < -0.3 is 4.90 Å². The molecule has 1 amide bonds. The van der Waals surface area contributed by atoms with Crippen LogP contribution in [-0.4, -0.2) is 33.9 Å². The van der Waals surface area contributed by atoms with Crippen LogP contribution >= 0.6 is 11.3 Å². The zero-order chi connectivity index (χ0) is 12.8. The number of rotatable bonds is 5. The molecule has 0 saturated heterocycles. The summed E-state index contributed by atoms with van der Waals surface area (Å²) >= 11 is 1.44. The van der Waals surface area contributed by atoms with Gasteiger partial charge in [0, 0.05) is 30.9 Å². The van der Waals surface area contributed by atoms with Crippen LogP contribution in [0, 0.1) is 0 Å². The lowest BCUT2D eigenvalue weighted by Crippen LogP contribution is -2.32. The Hall–Kier alpha value is -1.75. The monoisotopic (exact) mass is 261 g/mol. The summed E-state index contributed by atoms with van der Waals surface area (Å²) in [5.41, 5.74) is 3.41. The Kier molecular flexibility index (Phi) is 4.41. The van der Waals surface area contributed by atoms with Gasteiger partial charge in [0.2, 0.25) is 0 Å². The van der Waals surface area contributed by atoms with Gasteiger partial charge in [-0.1, -0.05) is 0 Å². The molecule has 0 unspecified atom stereocenters. The number of likely N-dealkylation sites (N-methyl/N-ethyl adjacent to an activating group) is 1. The third kappa shape index (κ3) is 3.13. The fourth-order valence-corrected chi connectivity index (χ4v) is 2.22. The van der Waals surface area contributed by atoms with Crippen LogP contribution in [0.3, 0.4) is 0 Å². The molecule has 0 aliphatic heterocycles. The van der Waals surface area contributed by atoms with E-state index < -0.39 is 0 Å². The van der Waals surface area contributed by atoms with E-state index in [1.165, 1.54) is 16.9 Å². The molecule has 0 saturated carbocycles. The van der Waals surface area contributed by atoms with Crippen LogP contribution in [0.4, 0.5) is 0 Å². The van der Waals surface area contributed by atoms with Crippen LogP contribution in [0.25, 0.3) is 0 Å². The fraction of sp³-hybridized carbons (Fsp3) is 0.308. The molecular weight excluding hydrogens is 246 g/mol. The zero-order valence-corrected chi connectivity index (χ0v) is 11.1. The van der Waals surface area contributed by atoms with Crippen LogP contribution in [0.15, 0.2) is 35.4 Å². The second-order valence-corrected chi connectivity index (χ2v) is 4.58. The van der Waals surface area contributed by atoms with Crippen molar-refractivity contribution >= 4 is 17.2 Å². The average molecular weight is 261 g/mol. The van der Waals surface area contributed by atoms with Gasteiger partial charge in [0.1, 0.15) is 5.69 Å². The molecule has 0 radical (unpaired) electrons. The number of carbonyl (C=O) groups is 1. The van der Waals surface area contributed by atoms with Crippen molar-refractivity contribution in [2.24, 2.45) is 0 Å². The van der Waals surface area contributed by atoms with Crippen molar-refractivity contribution in [2.45, 2.75) is 13.3 Å². The summed E-state index contributed by atoms with van der Waals surface area (Å²) in [6.45, 7) is 3.38. The summed E-state index contributed by atoms with van der Waals surface area (Å²) in [6.07, 6.45) is 4.38. The summed E-state index contributed by atoms with van der Waals surface area (Å²) in [5, 5.41) is 1.79. The first-order valence-corrected chi connectivity index (χ1v) is 6.82. The molecule has 4 nitrogen and oxygen atoms in total. The van der Waals surface area contributed by atoms with Crippen molar-refractivity contribution in [3.63, 3.8) is 0 Å². The van der Waals surface area contributed by atoms with Crippen molar-refractivity contribution in [2.75, 3.05) is 13.1 Å². The van der Waals surface area contributed by atoms with E-state index in [0.717, 1.165) is 6.42 Å². The third-order valence-electron chi connectivity index (χ3n) is 2.74. The van der Waals surface area contributed by atoms with Gasteiger partial charge in [0.25, 0.3) is 5.91 Å². The van der Waals surface area contributed by atoms with Crippen LogP contribution < -0.4 is 0 Å². The summed E-state index contributed by atoms with van der Waals surface area (Å²) < 4.78 is 0. The Morgan fingerprint density at radius 2 is 2.17 bits per heavy atom. The lowest BCUT2D eigenvalue weighted by molar-refractivity contribution is 0.0761. The van der Waals surface area contributed by atoms with E-state index >= 15 is 0 Å². The number of thiazole rings is 1. The van der Waals surface area contributed by atoms with E-state index in [1.807, 2.05) is 24.0 Å². The number of hydrogen-bond donors (Lipinski definition) is 0. The minimum absolute atomic E-state index is 0.00723. The number of hydrogen-bond acceptors (Lipinski definition) is 4. The predicted molar refractivity (Wildman–Crippen MR) is 71.6 cm³/mol. The molecule has 2 rings (SSSR count). The molecule has 2 aromatic heterocycles. The molecule has 2 heterocycles. The normalized spacial score (nSPS) is 10.3. The van der Waals surface area contributed by atoms with E-state index in [9.17, 15) is 4.79 Å². The number of nitrogens with zero attached hydrogens (tertiary/aromatic N) is 3. The van der Waals surface area contributed by atoms with Gasteiger partial charge in [0.15, 0.2) is 0 Å². The Labute approximate surface area is 110 Å². The van der Waals surface area contributed by atoms with Crippen molar-refractivity contribution in [1.82, 2.24) is 14.9 Å². The van der Waals surface area contributed by atoms with Gasteiger partial charge in [-0.05, 0) is 31.0 Å². The number of aromatic nitrogens is 2. The topological polar surface area (TPSA) is 46.1 Å². The van der Waals surface area contributed by atoms with Crippen molar-refractivity contribution in [3.05, 3.63) is 46.7 Å². The van der Waals surface area contributed by atoms with Crippen molar-refractivity contribution in [1.29, 1.82) is 0 Å². The summed E-state index contributed by atoms with van der Waals surface area (Å²) in [7, 11) is 0. The summed E-state index contributed by atoms with van der Waals surface area (Å²) in [6, 6.07) is 3.95. The van der Waals surface area contributed by atoms with Gasteiger partial charge in [-0.3, -0.25) is 9.78 Å². The molecule has 0 aliphatic rings. The van der Waals surface area contributed by atoms with E-state index in [0.29, 0.717) is 18.8 Å². The highest BCUT2D eigenvalue weighted by molar-refractivity contribution is 7.07. The maximum atomic E-state index is 12.1. The van der Waals surface area contributed by atoms with E-state index in [1.54, 1.807) is 23.3 Å². The van der Waals surface area contributed by atoms with Gasteiger partial charge >= 0.3 is 0 Å². The average Bonchev–Trinajstić information content (AvgIpc) is 2.94. The maximum absolute atomic E-state index is 12.1. The minimum atomic E-state index is 0.00723. The molecule has 0 bridgehead atoms.